The quantitative estimate of drug-likeness (QED) is 0.400. The monoisotopic (exact) mass is 374 g/mol. The fraction of sp³-hybridized carbons (Fsp3) is 0.381. The number of anilines is 1. The lowest BCUT2D eigenvalue weighted by Gasteiger charge is -2.22. The first-order valence-corrected chi connectivity index (χ1v) is 9.06. The molecule has 1 saturated heterocycles. The van der Waals surface area contributed by atoms with Crippen molar-refractivity contribution in [3.63, 3.8) is 0 Å². The SMILES string of the molecule is C=CC(=C)NC1CCN(C(CNc2ccc(C(C)(F)F)cc2)=N/C=C\C)C1. The molecule has 0 aromatic heterocycles. The number of hydrogen-bond donors (Lipinski definition) is 2. The fourth-order valence-corrected chi connectivity index (χ4v) is 2.90. The zero-order valence-corrected chi connectivity index (χ0v) is 16.0. The van der Waals surface area contributed by atoms with Gasteiger partial charge < -0.3 is 15.5 Å². The van der Waals surface area contributed by atoms with E-state index in [9.17, 15) is 8.78 Å². The molecule has 2 rings (SSSR count). The zero-order chi connectivity index (χ0) is 19.9. The molecule has 6 heteroatoms. The molecule has 146 valence electrons. The Kier molecular flexibility index (Phi) is 7.16. The molecule has 1 aliphatic heterocycles. The first kappa shape index (κ1) is 20.7. The Balaban J connectivity index is 1.99. The molecule has 27 heavy (non-hydrogen) atoms. The lowest BCUT2D eigenvalue weighted by atomic mass is 10.1. The Morgan fingerprint density at radius 3 is 2.67 bits per heavy atom. The molecule has 1 fully saturated rings. The van der Waals surface area contributed by atoms with Crippen LogP contribution in [0.15, 0.2) is 66.5 Å². The molecule has 0 spiro atoms. The number of likely N-dealkylation sites (tertiary alicyclic amines) is 1. The molecule has 1 atom stereocenters. The Labute approximate surface area is 160 Å². The number of nitrogens with zero attached hydrogens (tertiary/aromatic N) is 2. The highest BCUT2D eigenvalue weighted by Gasteiger charge is 2.25. The van der Waals surface area contributed by atoms with Crippen LogP contribution in [0.5, 0.6) is 0 Å². The summed E-state index contributed by atoms with van der Waals surface area (Å²) in [6.07, 6.45) is 6.34. The Bertz CT molecular complexity index is 702. The Morgan fingerprint density at radius 1 is 1.37 bits per heavy atom. The van der Waals surface area contributed by atoms with E-state index in [0.29, 0.717) is 12.6 Å². The lowest BCUT2D eigenvalue weighted by molar-refractivity contribution is 0.0175. The first-order valence-electron chi connectivity index (χ1n) is 9.06. The molecule has 1 aromatic carbocycles. The minimum atomic E-state index is -2.83. The highest BCUT2D eigenvalue weighted by Crippen LogP contribution is 2.27. The summed E-state index contributed by atoms with van der Waals surface area (Å²) >= 11 is 0. The molecule has 0 aliphatic carbocycles. The van der Waals surface area contributed by atoms with Crippen molar-refractivity contribution in [3.8, 4) is 0 Å². The number of amidine groups is 1. The van der Waals surface area contributed by atoms with Crippen LogP contribution in [0.25, 0.3) is 0 Å². The fourth-order valence-electron chi connectivity index (χ4n) is 2.90. The summed E-state index contributed by atoms with van der Waals surface area (Å²) in [5, 5.41) is 6.62. The van der Waals surface area contributed by atoms with E-state index in [2.05, 4.69) is 33.7 Å². The van der Waals surface area contributed by atoms with E-state index >= 15 is 0 Å². The van der Waals surface area contributed by atoms with Gasteiger partial charge in [-0.25, -0.2) is 13.8 Å². The normalized spacial score (nSPS) is 18.0. The second-order valence-electron chi connectivity index (χ2n) is 6.65. The molecule has 1 aliphatic rings. The van der Waals surface area contributed by atoms with Gasteiger partial charge in [-0.15, -0.1) is 0 Å². The van der Waals surface area contributed by atoms with Gasteiger partial charge in [-0.2, -0.15) is 0 Å². The molecular formula is C21H28F2N4. The topological polar surface area (TPSA) is 39.7 Å². The van der Waals surface area contributed by atoms with Crippen LogP contribution in [0.3, 0.4) is 0 Å². The summed E-state index contributed by atoms with van der Waals surface area (Å²) in [5.74, 6) is -1.92. The third-order valence-electron chi connectivity index (χ3n) is 4.40. The molecule has 1 unspecified atom stereocenters. The average Bonchev–Trinajstić information content (AvgIpc) is 3.09. The Morgan fingerprint density at radius 2 is 2.07 bits per heavy atom. The van der Waals surface area contributed by atoms with Gasteiger partial charge in [0, 0.05) is 49.2 Å². The lowest BCUT2D eigenvalue weighted by Crippen LogP contribution is -2.37. The summed E-state index contributed by atoms with van der Waals surface area (Å²) in [6.45, 7) is 12.7. The van der Waals surface area contributed by atoms with Gasteiger partial charge in [-0.1, -0.05) is 31.4 Å². The van der Waals surface area contributed by atoms with Crippen LogP contribution in [0.2, 0.25) is 0 Å². The maximum Gasteiger partial charge on any atom is 0.270 e. The maximum atomic E-state index is 13.3. The summed E-state index contributed by atoms with van der Waals surface area (Å²) in [4.78, 5) is 6.76. The second kappa shape index (κ2) is 9.35. The predicted octanol–water partition coefficient (Wildman–Crippen LogP) is 4.51. The van der Waals surface area contributed by atoms with Crippen molar-refractivity contribution in [1.29, 1.82) is 0 Å². The van der Waals surface area contributed by atoms with Crippen molar-refractivity contribution in [2.75, 3.05) is 25.0 Å². The van der Waals surface area contributed by atoms with E-state index < -0.39 is 5.92 Å². The van der Waals surface area contributed by atoms with E-state index in [1.807, 2.05) is 13.0 Å². The van der Waals surface area contributed by atoms with Crippen LogP contribution in [0, 0.1) is 0 Å². The number of alkyl halides is 2. The molecule has 0 amide bonds. The number of nitrogens with one attached hydrogen (secondary N) is 2. The van der Waals surface area contributed by atoms with Crippen molar-refractivity contribution in [1.82, 2.24) is 10.2 Å². The molecule has 0 saturated carbocycles. The van der Waals surface area contributed by atoms with Crippen molar-refractivity contribution >= 4 is 11.5 Å². The molecule has 1 aromatic rings. The summed E-state index contributed by atoms with van der Waals surface area (Å²) < 4.78 is 26.6. The van der Waals surface area contributed by atoms with Gasteiger partial charge >= 0.3 is 0 Å². The molecule has 4 nitrogen and oxygen atoms in total. The average molecular weight is 374 g/mol. The van der Waals surface area contributed by atoms with Crippen molar-refractivity contribution < 1.29 is 8.78 Å². The first-order chi connectivity index (χ1) is 12.8. The minimum Gasteiger partial charge on any atom is -0.381 e. The maximum absolute atomic E-state index is 13.3. The molecule has 0 radical (unpaired) electrons. The van der Waals surface area contributed by atoms with E-state index in [-0.39, 0.29) is 5.56 Å². The highest BCUT2D eigenvalue weighted by atomic mass is 19.3. The van der Waals surface area contributed by atoms with Gasteiger partial charge in [0.2, 0.25) is 0 Å². The summed E-state index contributed by atoms with van der Waals surface area (Å²) in [5.41, 5.74) is 1.61. The molecule has 0 bridgehead atoms. The number of aliphatic imine (C=N–C) groups is 1. The zero-order valence-electron chi connectivity index (χ0n) is 16.0. The van der Waals surface area contributed by atoms with Crippen LogP contribution >= 0.6 is 0 Å². The van der Waals surface area contributed by atoms with Crippen molar-refractivity contribution in [3.05, 3.63) is 67.0 Å². The highest BCUT2D eigenvalue weighted by molar-refractivity contribution is 5.87. The van der Waals surface area contributed by atoms with Crippen molar-refractivity contribution in [2.24, 2.45) is 4.99 Å². The van der Waals surface area contributed by atoms with Gasteiger partial charge in [-0.3, -0.25) is 0 Å². The Hall–Kier alpha value is -2.63. The van der Waals surface area contributed by atoms with Crippen molar-refractivity contribution in [2.45, 2.75) is 32.2 Å². The van der Waals surface area contributed by atoms with Gasteiger partial charge in [0.05, 0.1) is 6.54 Å². The van der Waals surface area contributed by atoms with Crippen LogP contribution in [0.1, 0.15) is 25.8 Å². The van der Waals surface area contributed by atoms with Crippen LogP contribution in [-0.4, -0.2) is 36.4 Å². The smallest absolute Gasteiger partial charge is 0.270 e. The number of rotatable bonds is 8. The third-order valence-corrected chi connectivity index (χ3v) is 4.40. The van der Waals surface area contributed by atoms with E-state index in [1.54, 1.807) is 24.4 Å². The van der Waals surface area contributed by atoms with Crippen LogP contribution < -0.4 is 10.6 Å². The molecular weight excluding hydrogens is 346 g/mol. The van der Waals surface area contributed by atoms with Gasteiger partial charge in [-0.05, 0) is 31.6 Å². The largest absolute Gasteiger partial charge is 0.381 e. The number of allylic oxidation sites excluding steroid dienone is 2. The second-order valence-corrected chi connectivity index (χ2v) is 6.65. The standard InChI is InChI=1S/C21H28F2N4/c1-5-12-24-20(27-13-11-19(15-27)26-16(3)6-2)14-25-18-9-7-17(8-10-18)21(4,22)23/h5-10,12,19,25-26H,2-3,11,13-15H2,1,4H3/b12-5-,24-20?. The van der Waals surface area contributed by atoms with Gasteiger partial charge in [0.1, 0.15) is 5.84 Å². The summed E-state index contributed by atoms with van der Waals surface area (Å²) in [7, 11) is 0. The van der Waals surface area contributed by atoms with E-state index in [1.165, 1.54) is 12.1 Å². The summed E-state index contributed by atoms with van der Waals surface area (Å²) in [6, 6.07) is 6.53. The predicted molar refractivity (Wildman–Crippen MR) is 109 cm³/mol. The minimum absolute atomic E-state index is 0.00626. The third kappa shape index (κ3) is 6.24. The van der Waals surface area contributed by atoms with E-state index in [4.69, 9.17) is 0 Å². The molecule has 1 heterocycles. The van der Waals surface area contributed by atoms with Gasteiger partial charge in [0.25, 0.3) is 5.92 Å². The molecule has 2 N–H and O–H groups in total. The number of benzene rings is 1. The van der Waals surface area contributed by atoms with Gasteiger partial charge in [0.15, 0.2) is 0 Å². The van der Waals surface area contributed by atoms with E-state index in [0.717, 1.165) is 43.7 Å². The van der Waals surface area contributed by atoms with Crippen LogP contribution in [-0.2, 0) is 5.92 Å². The number of halogens is 2. The van der Waals surface area contributed by atoms with Crippen LogP contribution in [0.4, 0.5) is 14.5 Å². The number of hydrogen-bond acceptors (Lipinski definition) is 3.